The van der Waals surface area contributed by atoms with Crippen LogP contribution in [0.3, 0.4) is 0 Å². The van der Waals surface area contributed by atoms with E-state index in [0.29, 0.717) is 0 Å². The highest BCUT2D eigenvalue weighted by Crippen LogP contribution is 2.23. The van der Waals surface area contributed by atoms with Crippen LogP contribution in [-0.2, 0) is 6.42 Å². The van der Waals surface area contributed by atoms with E-state index in [-0.39, 0.29) is 0 Å². The van der Waals surface area contributed by atoms with Crippen molar-refractivity contribution in [2.45, 2.75) is 6.42 Å². The minimum atomic E-state index is 1.03. The van der Waals surface area contributed by atoms with Crippen LogP contribution in [0.5, 0.6) is 0 Å². The number of anilines is 2. The smallest absolute Gasteiger partial charge is 0.0701 e. The van der Waals surface area contributed by atoms with Crippen molar-refractivity contribution in [2.75, 3.05) is 30.9 Å². The summed E-state index contributed by atoms with van der Waals surface area (Å²) in [4.78, 5) is 3.70. The molecule has 2 aromatic rings. The molecule has 0 bridgehead atoms. The Balaban J connectivity index is 1.96. The number of halogens is 1. The predicted molar refractivity (Wildman–Crippen MR) is 85.0 cm³/mol. The maximum absolute atomic E-state index is 3.50. The van der Waals surface area contributed by atoms with Crippen LogP contribution in [0.25, 0.3) is 0 Å². The van der Waals surface area contributed by atoms with Gasteiger partial charge in [-0.05, 0) is 52.7 Å². The fourth-order valence-electron chi connectivity index (χ4n) is 1.79. The first-order valence-electron chi connectivity index (χ1n) is 5.92. The van der Waals surface area contributed by atoms with Gasteiger partial charge in [-0.2, -0.15) is 0 Å². The molecule has 0 saturated carbocycles. The molecule has 0 aliphatic carbocycles. The summed E-state index contributed by atoms with van der Waals surface area (Å²) in [6.07, 6.45) is 1.08. The highest BCUT2D eigenvalue weighted by molar-refractivity contribution is 9.11. The molecule has 2 rings (SSSR count). The average Bonchev–Trinajstić information content (AvgIpc) is 2.82. The lowest BCUT2D eigenvalue weighted by atomic mass is 10.2. The minimum Gasteiger partial charge on any atom is -0.388 e. The summed E-state index contributed by atoms with van der Waals surface area (Å²) in [5.41, 5.74) is 2.40. The fourth-order valence-corrected chi connectivity index (χ4v) is 3.26. The number of thiophene rings is 1. The molecule has 0 aliphatic heterocycles. The van der Waals surface area contributed by atoms with Gasteiger partial charge in [0.25, 0.3) is 0 Å². The molecule has 18 heavy (non-hydrogen) atoms. The van der Waals surface area contributed by atoms with Crippen molar-refractivity contribution in [3.05, 3.63) is 45.1 Å². The second kappa shape index (κ2) is 6.25. The first-order chi connectivity index (χ1) is 8.69. The summed E-state index contributed by atoms with van der Waals surface area (Å²) < 4.78 is 1.21. The van der Waals surface area contributed by atoms with Gasteiger partial charge in [-0.1, -0.05) is 6.07 Å². The molecule has 0 atom stereocenters. The van der Waals surface area contributed by atoms with E-state index >= 15 is 0 Å². The second-order valence-electron chi connectivity index (χ2n) is 4.18. The number of benzene rings is 1. The molecule has 1 heterocycles. The number of likely N-dealkylation sites (N-methyl/N-ethyl adjacent to an activating group) is 1. The van der Waals surface area contributed by atoms with Crippen molar-refractivity contribution in [3.8, 4) is 0 Å². The summed E-state index contributed by atoms with van der Waals surface area (Å²) >= 11 is 5.31. The van der Waals surface area contributed by atoms with E-state index in [4.69, 9.17) is 0 Å². The number of nitrogens with one attached hydrogen (secondary N) is 1. The zero-order valence-electron chi connectivity index (χ0n) is 10.6. The molecular weight excluding hydrogens is 308 g/mol. The van der Waals surface area contributed by atoms with Gasteiger partial charge in [0.15, 0.2) is 0 Å². The Morgan fingerprint density at radius 1 is 1.28 bits per heavy atom. The summed E-state index contributed by atoms with van der Waals surface area (Å²) in [7, 11) is 4.08. The van der Waals surface area contributed by atoms with E-state index in [1.54, 1.807) is 0 Å². The number of rotatable bonds is 5. The molecule has 96 valence electrons. The van der Waals surface area contributed by atoms with Crippen LogP contribution in [0, 0.1) is 0 Å². The third-order valence-electron chi connectivity index (χ3n) is 2.90. The van der Waals surface area contributed by atoms with E-state index in [9.17, 15) is 0 Å². The van der Waals surface area contributed by atoms with Crippen LogP contribution in [0.15, 0.2) is 40.2 Å². The van der Waals surface area contributed by atoms with Crippen LogP contribution in [0.2, 0.25) is 0 Å². The van der Waals surface area contributed by atoms with Gasteiger partial charge >= 0.3 is 0 Å². The summed E-state index contributed by atoms with van der Waals surface area (Å²) in [6, 6.07) is 12.8. The zero-order valence-corrected chi connectivity index (χ0v) is 13.0. The monoisotopic (exact) mass is 324 g/mol. The largest absolute Gasteiger partial charge is 0.388 e. The number of hydrogen-bond acceptors (Lipinski definition) is 3. The maximum atomic E-state index is 3.50. The first kappa shape index (κ1) is 13.4. The van der Waals surface area contributed by atoms with Gasteiger partial charge in [0.1, 0.15) is 0 Å². The van der Waals surface area contributed by atoms with Crippen molar-refractivity contribution < 1.29 is 0 Å². The summed E-state index contributed by atoms with van der Waals surface area (Å²) in [5.74, 6) is 0. The van der Waals surface area contributed by atoms with Crippen molar-refractivity contribution >= 4 is 38.6 Å². The molecule has 0 fully saturated rings. The zero-order chi connectivity index (χ0) is 13.0. The molecule has 0 radical (unpaired) electrons. The molecule has 2 nitrogen and oxygen atoms in total. The Morgan fingerprint density at radius 2 is 2.11 bits per heavy atom. The van der Waals surface area contributed by atoms with Gasteiger partial charge in [-0.25, -0.2) is 0 Å². The fraction of sp³-hybridized carbons (Fsp3) is 0.286. The minimum absolute atomic E-state index is 1.03. The topological polar surface area (TPSA) is 15.3 Å². The van der Waals surface area contributed by atoms with Crippen LogP contribution in [-0.4, -0.2) is 20.6 Å². The second-order valence-corrected chi connectivity index (χ2v) is 6.73. The lowest BCUT2D eigenvalue weighted by molar-refractivity contribution is 0.888. The predicted octanol–water partition coefficient (Wildman–Crippen LogP) is 4.23. The Hall–Kier alpha value is -1.000. The average molecular weight is 325 g/mol. The van der Waals surface area contributed by atoms with Crippen molar-refractivity contribution in [3.63, 3.8) is 0 Å². The van der Waals surface area contributed by atoms with E-state index in [2.05, 4.69) is 69.6 Å². The van der Waals surface area contributed by atoms with Crippen LogP contribution in [0.4, 0.5) is 11.4 Å². The third-order valence-corrected chi connectivity index (χ3v) is 4.58. The molecule has 0 unspecified atom stereocenters. The summed E-state index contributed by atoms with van der Waals surface area (Å²) in [5, 5.41) is 3.17. The van der Waals surface area contributed by atoms with E-state index in [0.717, 1.165) is 18.7 Å². The Bertz CT molecular complexity index is 510. The Morgan fingerprint density at radius 3 is 2.78 bits per heavy atom. The van der Waals surface area contributed by atoms with Gasteiger partial charge in [-0.15, -0.1) is 11.3 Å². The van der Waals surface area contributed by atoms with E-state index < -0.39 is 0 Å². The van der Waals surface area contributed by atoms with Gasteiger partial charge in [0.05, 0.1) is 3.79 Å². The molecule has 1 N–H and O–H groups in total. The van der Waals surface area contributed by atoms with Crippen LogP contribution in [0.1, 0.15) is 4.88 Å². The highest BCUT2D eigenvalue weighted by Gasteiger charge is 2.03. The molecular formula is C14H17BrN2S. The van der Waals surface area contributed by atoms with Gasteiger partial charge in [-0.3, -0.25) is 0 Å². The lowest BCUT2D eigenvalue weighted by Gasteiger charge is -2.19. The quantitative estimate of drug-likeness (QED) is 0.885. The summed E-state index contributed by atoms with van der Waals surface area (Å²) in [6.45, 7) is 1.03. The van der Waals surface area contributed by atoms with Gasteiger partial charge in [0, 0.05) is 36.9 Å². The Kier molecular flexibility index (Phi) is 4.66. The van der Waals surface area contributed by atoms with Crippen LogP contribution >= 0.6 is 27.3 Å². The Labute approximate surface area is 121 Å². The lowest BCUT2D eigenvalue weighted by Crippen LogP contribution is -2.19. The third kappa shape index (κ3) is 3.50. The molecule has 1 aromatic heterocycles. The molecule has 0 saturated heterocycles. The van der Waals surface area contributed by atoms with E-state index in [1.807, 2.05) is 18.4 Å². The van der Waals surface area contributed by atoms with E-state index in [1.165, 1.54) is 14.4 Å². The molecule has 4 heteroatoms. The molecule has 0 amide bonds. The van der Waals surface area contributed by atoms with Gasteiger partial charge < -0.3 is 10.2 Å². The molecule has 0 aliphatic rings. The molecule has 1 aromatic carbocycles. The van der Waals surface area contributed by atoms with Crippen molar-refractivity contribution in [2.24, 2.45) is 0 Å². The first-order valence-corrected chi connectivity index (χ1v) is 7.53. The standard InChI is InChI=1S/C14H17BrN2S/c1-16-11-4-3-5-12(10-11)17(2)9-8-13-6-7-14(15)18-13/h3-7,10,16H,8-9H2,1-2H3. The highest BCUT2D eigenvalue weighted by atomic mass is 79.9. The van der Waals surface area contributed by atoms with Crippen molar-refractivity contribution in [1.29, 1.82) is 0 Å². The number of hydrogen-bond donors (Lipinski definition) is 1. The SMILES string of the molecule is CNc1cccc(N(C)CCc2ccc(Br)s2)c1. The number of nitrogens with zero attached hydrogens (tertiary/aromatic N) is 1. The normalized spacial score (nSPS) is 10.4. The van der Waals surface area contributed by atoms with Crippen molar-refractivity contribution in [1.82, 2.24) is 0 Å². The van der Waals surface area contributed by atoms with Gasteiger partial charge in [0.2, 0.25) is 0 Å². The molecule has 0 spiro atoms. The van der Waals surface area contributed by atoms with Crippen LogP contribution < -0.4 is 10.2 Å². The maximum Gasteiger partial charge on any atom is 0.0701 e.